The summed E-state index contributed by atoms with van der Waals surface area (Å²) in [6.45, 7) is 4.66. The zero-order valence-electron chi connectivity index (χ0n) is 21.8. The first-order valence-electron chi connectivity index (χ1n) is 13.8. The minimum atomic E-state index is -0.351. The van der Waals surface area contributed by atoms with Crippen LogP contribution in [0.15, 0.2) is 47.4 Å². The number of nitrogens with zero attached hydrogens (tertiary/aromatic N) is 4. The quantitative estimate of drug-likeness (QED) is 0.621. The van der Waals surface area contributed by atoms with E-state index < -0.39 is 0 Å². The zero-order valence-corrected chi connectivity index (χ0v) is 21.8. The molecule has 8 heteroatoms. The molecule has 4 heterocycles. The minimum absolute atomic E-state index is 0.0593. The summed E-state index contributed by atoms with van der Waals surface area (Å²) in [5, 5.41) is 0. The third-order valence-electron chi connectivity index (χ3n) is 8.88. The maximum atomic E-state index is 12.6. The van der Waals surface area contributed by atoms with Gasteiger partial charge < -0.3 is 28.7 Å². The van der Waals surface area contributed by atoms with Gasteiger partial charge in [-0.15, -0.1) is 0 Å². The topological polar surface area (TPSA) is 67.2 Å². The number of benzene rings is 1. The Bertz CT molecular complexity index is 1160. The van der Waals surface area contributed by atoms with Gasteiger partial charge in [0.25, 0.3) is 5.91 Å². The number of anilines is 2. The van der Waals surface area contributed by atoms with Crippen molar-refractivity contribution in [2.75, 3.05) is 49.1 Å². The molecule has 1 amide bonds. The van der Waals surface area contributed by atoms with Crippen molar-refractivity contribution in [2.24, 2.45) is 7.05 Å². The average molecular weight is 507 g/mol. The standard InChI is InChI=1S/C29H38N4O4/c1-30-19-24(7-10-27(30)34)33-21-29(36-20-28(33)35)13-17-32(18-14-29)23-5-8-25(9-6-23)37-26-11-15-31(16-12-26)22-3-2-4-22/h5-10,19,22,26H,2-4,11-18,20-21H2,1H3. The molecule has 2 aromatic rings. The van der Waals surface area contributed by atoms with Gasteiger partial charge in [-0.05, 0) is 68.9 Å². The number of rotatable bonds is 5. The van der Waals surface area contributed by atoms with Crippen LogP contribution < -0.4 is 20.1 Å². The molecule has 4 aliphatic rings. The van der Waals surface area contributed by atoms with Crippen LogP contribution in [0.1, 0.15) is 44.9 Å². The van der Waals surface area contributed by atoms with E-state index in [9.17, 15) is 9.59 Å². The van der Waals surface area contributed by atoms with Crippen molar-refractivity contribution in [2.45, 2.75) is 62.7 Å². The van der Waals surface area contributed by atoms with E-state index in [0.29, 0.717) is 12.6 Å². The van der Waals surface area contributed by atoms with Gasteiger partial charge in [-0.1, -0.05) is 6.42 Å². The number of carbonyl (C=O) groups is 1. The van der Waals surface area contributed by atoms with Gasteiger partial charge >= 0.3 is 0 Å². The van der Waals surface area contributed by atoms with Crippen molar-refractivity contribution in [3.63, 3.8) is 0 Å². The number of amides is 1. The Balaban J connectivity index is 1.03. The fourth-order valence-electron chi connectivity index (χ4n) is 6.20. The Labute approximate surface area is 218 Å². The second-order valence-electron chi connectivity index (χ2n) is 11.2. The lowest BCUT2D eigenvalue weighted by molar-refractivity contribution is -0.141. The van der Waals surface area contributed by atoms with Crippen molar-refractivity contribution < 1.29 is 14.3 Å². The Morgan fingerprint density at radius 2 is 1.59 bits per heavy atom. The molecule has 3 saturated heterocycles. The van der Waals surface area contributed by atoms with E-state index in [2.05, 4.69) is 34.1 Å². The summed E-state index contributed by atoms with van der Waals surface area (Å²) in [5.74, 6) is 0.900. The van der Waals surface area contributed by atoms with E-state index in [4.69, 9.17) is 9.47 Å². The van der Waals surface area contributed by atoms with E-state index >= 15 is 0 Å². The molecule has 0 unspecified atom stereocenters. The summed E-state index contributed by atoms with van der Waals surface area (Å²) in [5.41, 5.74) is 1.51. The second kappa shape index (κ2) is 10.1. The average Bonchev–Trinajstić information content (AvgIpc) is 2.89. The highest BCUT2D eigenvalue weighted by Crippen LogP contribution is 2.35. The number of aromatic nitrogens is 1. The number of ether oxygens (including phenoxy) is 2. The van der Waals surface area contributed by atoms with Crippen LogP contribution in [0.3, 0.4) is 0 Å². The number of likely N-dealkylation sites (tertiary alicyclic amines) is 1. The highest BCUT2D eigenvalue weighted by atomic mass is 16.5. The largest absolute Gasteiger partial charge is 0.490 e. The van der Waals surface area contributed by atoms with Gasteiger partial charge in [-0.2, -0.15) is 0 Å². The maximum absolute atomic E-state index is 12.6. The first kappa shape index (κ1) is 24.5. The summed E-state index contributed by atoms with van der Waals surface area (Å²) < 4.78 is 14.0. The van der Waals surface area contributed by atoms with Gasteiger partial charge in [0.15, 0.2) is 0 Å². The summed E-state index contributed by atoms with van der Waals surface area (Å²) in [4.78, 5) is 31.2. The molecular formula is C29H38N4O4. The number of hydrogen-bond donors (Lipinski definition) is 0. The molecule has 0 bridgehead atoms. The zero-order chi connectivity index (χ0) is 25.4. The lowest BCUT2D eigenvalue weighted by Gasteiger charge is -2.47. The molecule has 1 spiro atoms. The lowest BCUT2D eigenvalue weighted by atomic mass is 9.88. The van der Waals surface area contributed by atoms with Crippen LogP contribution in [0.5, 0.6) is 5.75 Å². The van der Waals surface area contributed by atoms with E-state index in [1.165, 1.54) is 35.6 Å². The SMILES string of the molecule is Cn1cc(N2CC3(CCN(c4ccc(OC5CCN(C6CCC6)CC5)cc4)CC3)OCC2=O)ccc1=O. The van der Waals surface area contributed by atoms with Gasteiger partial charge in [0, 0.05) is 57.2 Å². The highest BCUT2D eigenvalue weighted by molar-refractivity contribution is 5.95. The predicted octanol–water partition coefficient (Wildman–Crippen LogP) is 3.18. The molecule has 3 aliphatic heterocycles. The Morgan fingerprint density at radius 3 is 2.24 bits per heavy atom. The summed E-state index contributed by atoms with van der Waals surface area (Å²) in [6, 6.07) is 12.6. The van der Waals surface area contributed by atoms with Crippen molar-refractivity contribution in [3.8, 4) is 5.75 Å². The lowest BCUT2D eigenvalue weighted by Crippen LogP contribution is -2.59. The van der Waals surface area contributed by atoms with Gasteiger partial charge in [0.1, 0.15) is 18.5 Å². The maximum Gasteiger partial charge on any atom is 0.253 e. The Hall–Kier alpha value is -2.84. The summed E-state index contributed by atoms with van der Waals surface area (Å²) >= 11 is 0. The molecule has 1 aliphatic carbocycles. The molecule has 0 atom stereocenters. The summed E-state index contributed by atoms with van der Waals surface area (Å²) in [6.07, 6.45) is 10.1. The molecule has 8 nitrogen and oxygen atoms in total. The molecule has 1 aromatic heterocycles. The van der Waals surface area contributed by atoms with Gasteiger partial charge in [-0.3, -0.25) is 9.59 Å². The Morgan fingerprint density at radius 1 is 0.892 bits per heavy atom. The monoisotopic (exact) mass is 506 g/mol. The number of pyridine rings is 1. The minimum Gasteiger partial charge on any atom is -0.490 e. The van der Waals surface area contributed by atoms with Gasteiger partial charge in [0.05, 0.1) is 17.8 Å². The number of carbonyl (C=O) groups excluding carboxylic acids is 1. The fourth-order valence-corrected chi connectivity index (χ4v) is 6.20. The van der Waals surface area contributed by atoms with Gasteiger partial charge in [-0.25, -0.2) is 0 Å². The molecule has 37 heavy (non-hydrogen) atoms. The molecule has 1 aromatic carbocycles. The van der Waals surface area contributed by atoms with Crippen molar-refractivity contribution >= 4 is 17.3 Å². The molecular weight excluding hydrogens is 468 g/mol. The molecule has 0 radical (unpaired) electrons. The third-order valence-corrected chi connectivity index (χ3v) is 8.88. The van der Waals surface area contributed by atoms with E-state index in [1.54, 1.807) is 24.2 Å². The van der Waals surface area contributed by atoms with E-state index in [1.807, 2.05) is 0 Å². The van der Waals surface area contributed by atoms with Gasteiger partial charge in [0.2, 0.25) is 5.56 Å². The van der Waals surface area contributed by atoms with Crippen molar-refractivity contribution in [1.29, 1.82) is 0 Å². The molecule has 1 saturated carbocycles. The van der Waals surface area contributed by atoms with E-state index in [-0.39, 0.29) is 23.7 Å². The van der Waals surface area contributed by atoms with Crippen LogP contribution in [0.2, 0.25) is 0 Å². The number of morpholine rings is 1. The van der Waals surface area contributed by atoms with Crippen LogP contribution >= 0.6 is 0 Å². The fraction of sp³-hybridized carbons (Fsp3) is 0.586. The first-order valence-corrected chi connectivity index (χ1v) is 13.8. The normalized spacial score (nSPS) is 23.3. The molecule has 0 N–H and O–H groups in total. The highest BCUT2D eigenvalue weighted by Gasteiger charge is 2.43. The van der Waals surface area contributed by atoms with Crippen molar-refractivity contribution in [3.05, 3.63) is 52.9 Å². The number of piperidine rings is 2. The first-order chi connectivity index (χ1) is 18.0. The van der Waals surface area contributed by atoms with Crippen LogP contribution in [0, 0.1) is 0 Å². The van der Waals surface area contributed by atoms with Crippen LogP contribution in [-0.2, 0) is 16.6 Å². The number of hydrogen-bond acceptors (Lipinski definition) is 6. The smallest absolute Gasteiger partial charge is 0.253 e. The summed E-state index contributed by atoms with van der Waals surface area (Å²) in [7, 11) is 1.71. The predicted molar refractivity (Wildman–Crippen MR) is 143 cm³/mol. The van der Waals surface area contributed by atoms with Crippen molar-refractivity contribution in [1.82, 2.24) is 9.47 Å². The number of aryl methyl sites for hydroxylation is 1. The Kier molecular flexibility index (Phi) is 6.71. The van der Waals surface area contributed by atoms with Crippen LogP contribution in [0.25, 0.3) is 0 Å². The molecule has 198 valence electrons. The van der Waals surface area contributed by atoms with Crippen LogP contribution in [-0.4, -0.2) is 72.5 Å². The van der Waals surface area contributed by atoms with E-state index in [0.717, 1.165) is 69.3 Å². The second-order valence-corrected chi connectivity index (χ2v) is 11.2. The molecule has 6 rings (SSSR count). The molecule has 4 fully saturated rings. The van der Waals surface area contributed by atoms with Crippen LogP contribution in [0.4, 0.5) is 11.4 Å². The third kappa shape index (κ3) is 5.14.